The van der Waals surface area contributed by atoms with Crippen LogP contribution >= 0.6 is 0 Å². The minimum Gasteiger partial charge on any atom is -0.468 e. The number of hydrogen-bond acceptors (Lipinski definition) is 24. The van der Waals surface area contributed by atoms with Crippen LogP contribution in [0.4, 0.5) is 0 Å². The molecule has 0 radical (unpaired) electrons. The Bertz CT molecular complexity index is 5540. The molecule has 0 saturated heterocycles. The summed E-state index contributed by atoms with van der Waals surface area (Å²) in [5.74, 6) is -2.55. The lowest BCUT2D eigenvalue weighted by Gasteiger charge is -2.05. The maximum absolute atomic E-state index is 13.0. The molecule has 0 aliphatic carbocycles. The molecule has 0 fully saturated rings. The smallest absolute Gasteiger partial charge is 0.468 e. The minimum atomic E-state index is -4.75. The highest BCUT2D eigenvalue weighted by Gasteiger charge is 2.48. The molecule has 0 spiro atoms. The number of fused-ring (bicyclic) bond motifs is 2. The lowest BCUT2D eigenvalue weighted by atomic mass is 10.1. The maximum atomic E-state index is 13.0. The molecule has 34 nitrogen and oxygen atoms in total. The van der Waals surface area contributed by atoms with Gasteiger partial charge in [0.05, 0.1) is 32.1 Å². The molecule has 6 aromatic carbocycles. The van der Waals surface area contributed by atoms with E-state index in [-0.39, 0.29) is 32.8 Å². The quantitative estimate of drug-likeness (QED) is 0.0398. The summed E-state index contributed by atoms with van der Waals surface area (Å²) >= 11 is 0. The summed E-state index contributed by atoms with van der Waals surface area (Å²) in [4.78, 5) is 41.6. The van der Waals surface area contributed by atoms with E-state index in [2.05, 4.69) is 39.1 Å². The fourth-order valence-corrected chi connectivity index (χ4v) is 21.3. The van der Waals surface area contributed by atoms with Crippen molar-refractivity contribution in [3.05, 3.63) is 229 Å². The van der Waals surface area contributed by atoms with Crippen molar-refractivity contribution >= 4 is 130 Å². The summed E-state index contributed by atoms with van der Waals surface area (Å²) in [6.45, 7) is 2.31. The molecule has 4 heterocycles. The van der Waals surface area contributed by atoms with Crippen LogP contribution in [0.1, 0.15) is 25.4 Å². The number of aromatic nitrogens is 4. The van der Waals surface area contributed by atoms with Crippen molar-refractivity contribution in [2.24, 2.45) is 0 Å². The van der Waals surface area contributed by atoms with Gasteiger partial charge >= 0.3 is 49.1 Å². The van der Waals surface area contributed by atoms with Gasteiger partial charge in [-0.3, -0.25) is 9.59 Å². The van der Waals surface area contributed by atoms with Gasteiger partial charge in [-0.1, -0.05) is 60.7 Å². The van der Waals surface area contributed by atoms with Crippen molar-refractivity contribution < 1.29 is 114 Å². The van der Waals surface area contributed by atoms with Crippen LogP contribution in [-0.4, -0.2) is 136 Å². The van der Waals surface area contributed by atoms with Crippen LogP contribution in [-0.2, 0) is 99.8 Å². The number of carbonyl (C=O) groups is 2. The van der Waals surface area contributed by atoms with Crippen LogP contribution in [0.3, 0.4) is 0 Å². The third-order valence-electron chi connectivity index (χ3n) is 12.4. The normalized spacial score (nSPS) is 11.8. The number of benzene rings is 6. The van der Waals surface area contributed by atoms with Crippen LogP contribution in [0.5, 0.6) is 11.5 Å². The molecule has 4 aromatic heterocycles. The first-order valence-electron chi connectivity index (χ1n) is 26.5. The third kappa shape index (κ3) is 17.1. The highest BCUT2D eigenvalue weighted by Crippen LogP contribution is 2.28. The Kier molecular flexibility index (Phi) is 23.0. The Morgan fingerprint density at radius 2 is 0.694 bits per heavy atom. The topological polar surface area (TPSA) is 555 Å². The average Bonchev–Trinajstić information content (AvgIpc) is 1.83. The van der Waals surface area contributed by atoms with Crippen molar-refractivity contribution in [1.29, 1.82) is 0 Å². The average molecular weight is 1490 g/mol. The second-order valence-corrected chi connectivity index (χ2v) is 35.0. The predicted octanol–water partition coefficient (Wildman–Crippen LogP) is 5.15. The van der Waals surface area contributed by atoms with E-state index in [1.165, 1.54) is 73.5 Å². The lowest BCUT2D eigenvalue weighted by Crippen LogP contribution is -2.28. The fourth-order valence-electron chi connectivity index (χ4n) is 8.10. The highest BCUT2D eigenvalue weighted by molar-refractivity contribution is 8.32. The van der Waals surface area contributed by atoms with Gasteiger partial charge in [-0.25, -0.2) is 77.3 Å². The van der Waals surface area contributed by atoms with Crippen LogP contribution in [0.2, 0.25) is 0 Å². The molecular formula is C56H44N12O22S8. The summed E-state index contributed by atoms with van der Waals surface area (Å²) in [6.07, 6.45) is 7.08. The second kappa shape index (κ2) is 30.3. The van der Waals surface area contributed by atoms with E-state index >= 15 is 0 Å². The van der Waals surface area contributed by atoms with Crippen LogP contribution in [0, 0.1) is 0 Å². The zero-order valence-electron chi connectivity index (χ0n) is 49.6. The van der Waals surface area contributed by atoms with Crippen molar-refractivity contribution in [2.45, 2.75) is 55.2 Å². The molecule has 2 N–H and O–H groups in total. The maximum Gasteiger partial charge on any atom is 0.510 e. The van der Waals surface area contributed by atoms with Crippen molar-refractivity contribution in [3.63, 3.8) is 0 Å². The minimum absolute atomic E-state index is 0.0318. The van der Waals surface area contributed by atoms with Crippen LogP contribution in [0.15, 0.2) is 234 Å². The van der Waals surface area contributed by atoms with Crippen LogP contribution < -0.4 is 9.47 Å². The Hall–Kier alpha value is -11.1. The monoisotopic (exact) mass is 1490 g/mol. The SMILES string of the molecule is CC(=O)Oc1ccc(S(=O)(=O)C(=[N+]=[N-])S(=O)(=O)c2ccc(OC(C)=O)cc2)cc1.[N-]=[N+]=C(S(=O)(=O)Cc1ccco1)S(=O)(=O)Cc1ccco1.[N-]=[N+]=C(S(=O)(=O)c1ccc2ccccc2c1)S(=O)(=O)c1ccc2ccccc2c1.[N-]=[N+]=C(S(=O)(=O)c1ncc[nH]1)S(=O)(=O)c1ncc[nH]1. The van der Waals surface area contributed by atoms with Gasteiger partial charge < -0.3 is 50.4 Å². The van der Waals surface area contributed by atoms with Gasteiger partial charge in [-0.05, 0) is 119 Å². The number of aromatic amines is 2. The zero-order valence-corrected chi connectivity index (χ0v) is 56.1. The van der Waals surface area contributed by atoms with Gasteiger partial charge in [0.2, 0.25) is 10.3 Å². The molecule has 0 amide bonds. The number of H-pyrrole nitrogens is 2. The summed E-state index contributed by atoms with van der Waals surface area (Å²) in [5.41, 5.74) is 36.1. The van der Waals surface area contributed by atoms with Crippen LogP contribution in [0.25, 0.3) is 43.7 Å². The zero-order chi connectivity index (χ0) is 72.1. The van der Waals surface area contributed by atoms with Gasteiger partial charge in [-0.2, -0.15) is 0 Å². The molecule has 10 rings (SSSR count). The van der Waals surface area contributed by atoms with Crippen molar-refractivity contribution in [3.8, 4) is 11.5 Å². The molecule has 0 bridgehead atoms. The van der Waals surface area contributed by atoms with E-state index in [4.69, 9.17) is 34.9 Å². The second-order valence-electron chi connectivity index (χ2n) is 19.1. The predicted molar refractivity (Wildman–Crippen MR) is 341 cm³/mol. The molecule has 0 atom stereocenters. The van der Waals surface area contributed by atoms with E-state index in [1.807, 2.05) is 0 Å². The Morgan fingerprint density at radius 3 is 0.980 bits per heavy atom. The number of imidazole rings is 2. The van der Waals surface area contributed by atoms with E-state index in [9.17, 15) is 82.5 Å². The Morgan fingerprint density at radius 1 is 0.388 bits per heavy atom. The van der Waals surface area contributed by atoms with E-state index in [1.54, 1.807) is 60.7 Å². The first kappa shape index (κ1) is 74.3. The number of furan rings is 2. The number of nitrogens with zero attached hydrogens (tertiary/aromatic N) is 10. The molecule has 508 valence electrons. The van der Waals surface area contributed by atoms with Crippen molar-refractivity contribution in [2.75, 3.05) is 0 Å². The summed E-state index contributed by atoms with van der Waals surface area (Å²) in [5, 5.41) is 1.52. The first-order valence-corrected chi connectivity index (χ1v) is 38.7. The molecule has 98 heavy (non-hydrogen) atoms. The van der Waals surface area contributed by atoms with Gasteiger partial charge in [0.25, 0.3) is 59.0 Å². The van der Waals surface area contributed by atoms with Crippen molar-refractivity contribution in [1.82, 2.24) is 19.9 Å². The van der Waals surface area contributed by atoms with E-state index in [0.717, 1.165) is 85.5 Å². The summed E-state index contributed by atoms with van der Waals surface area (Å²) in [7, 11) is -36.6. The molecule has 42 heteroatoms. The summed E-state index contributed by atoms with van der Waals surface area (Å²) in [6, 6.07) is 36.8. The van der Waals surface area contributed by atoms with Gasteiger partial charge in [0, 0.05) is 38.6 Å². The van der Waals surface area contributed by atoms with E-state index in [0.29, 0.717) is 10.8 Å². The lowest BCUT2D eigenvalue weighted by molar-refractivity contribution is -0.132. The highest BCUT2D eigenvalue weighted by atomic mass is 32.3. The first-order chi connectivity index (χ1) is 46.1. The molecule has 0 aliphatic rings. The molecule has 0 unspecified atom stereocenters. The number of esters is 2. The van der Waals surface area contributed by atoms with Gasteiger partial charge in [-0.15, -0.1) is 19.2 Å². The molecular weight excluding hydrogens is 1450 g/mol. The van der Waals surface area contributed by atoms with E-state index < -0.39 is 140 Å². The Balaban J connectivity index is 0.000000187. The molecule has 0 aliphatic heterocycles. The number of rotatable bonds is 12. The van der Waals surface area contributed by atoms with Gasteiger partial charge in [0.15, 0.2) is 0 Å². The Labute approximate surface area is 555 Å². The standard InChI is InChI=1S/C21H14N2O4S2.C17H14N2O8S2.C11H10N2O6S2.C7H6N6O4S2/c22-23-21(28(24,25)19-11-9-15-5-1-3-7-17(15)13-19)29(26,27)20-12-10-16-6-2-4-8-18(16)14-20;1-11(20)26-13-3-7-15(8-4-13)28(22,23)17(19-18)29(24,25)16-9-5-14(6-10-16)27-12(2)21;12-13-11(20(14,15)7-9-3-1-5-18-9)21(16,17)8-10-4-2-6-19-10;8-13-7(18(14,15)5-9-1-2-10-5)19(16,17)6-11-3-4-12-6/h1-14H;3-10H,1-2H3;1-6H,7-8H2;1-4H,(H,9,10)(H,11,12). The van der Waals surface area contributed by atoms with Gasteiger partial charge in [0.1, 0.15) is 34.5 Å². The molecule has 10 aromatic rings. The number of hydrogen-bond donors (Lipinski definition) is 2. The number of nitrogens with one attached hydrogen (secondary N) is 2. The largest absolute Gasteiger partial charge is 0.510 e. The number of sulfone groups is 8. The molecule has 0 saturated carbocycles. The summed E-state index contributed by atoms with van der Waals surface area (Å²) < 4.78 is 213. The number of carbonyl (C=O) groups excluding carboxylic acids is 2. The third-order valence-corrected chi connectivity index (χ3v) is 28.6. The number of ether oxygens (including phenoxy) is 2. The fraction of sp³-hybridized carbons (Fsp3) is 0.0714.